The van der Waals surface area contributed by atoms with Gasteiger partial charge in [-0.15, -0.1) is 0 Å². The lowest BCUT2D eigenvalue weighted by Gasteiger charge is -2.17. The Morgan fingerprint density at radius 3 is 2.50 bits per heavy atom. The molecule has 7 heteroatoms. The van der Waals surface area contributed by atoms with E-state index >= 15 is 0 Å². The SMILES string of the molecule is CCCCCN(C)S(=O)(=O)c1c(C)nn(CCN)c1C. The zero-order chi connectivity index (χ0) is 15.3. The van der Waals surface area contributed by atoms with Gasteiger partial charge < -0.3 is 5.73 Å². The van der Waals surface area contributed by atoms with Crippen molar-refractivity contribution in [1.29, 1.82) is 0 Å². The molecule has 0 atom stereocenters. The Morgan fingerprint density at radius 2 is 1.95 bits per heavy atom. The van der Waals surface area contributed by atoms with Crippen molar-refractivity contribution in [3.05, 3.63) is 11.4 Å². The number of hydrogen-bond acceptors (Lipinski definition) is 4. The van der Waals surface area contributed by atoms with Gasteiger partial charge in [0, 0.05) is 20.1 Å². The van der Waals surface area contributed by atoms with Gasteiger partial charge >= 0.3 is 0 Å². The molecule has 2 N–H and O–H groups in total. The van der Waals surface area contributed by atoms with Crippen molar-refractivity contribution in [2.24, 2.45) is 5.73 Å². The lowest BCUT2D eigenvalue weighted by atomic mass is 10.2. The molecule has 1 heterocycles. The van der Waals surface area contributed by atoms with Crippen LogP contribution in [-0.2, 0) is 16.6 Å². The molecule has 0 unspecified atom stereocenters. The van der Waals surface area contributed by atoms with Crippen molar-refractivity contribution in [2.75, 3.05) is 20.1 Å². The predicted octanol–water partition coefficient (Wildman–Crippen LogP) is 1.27. The number of sulfonamides is 1. The van der Waals surface area contributed by atoms with Gasteiger partial charge in [-0.3, -0.25) is 4.68 Å². The van der Waals surface area contributed by atoms with E-state index in [0.29, 0.717) is 35.9 Å². The Kier molecular flexibility index (Phi) is 6.16. The molecule has 116 valence electrons. The summed E-state index contributed by atoms with van der Waals surface area (Å²) in [5.74, 6) is 0. The van der Waals surface area contributed by atoms with Crippen LogP contribution in [-0.4, -0.2) is 42.6 Å². The fourth-order valence-corrected chi connectivity index (χ4v) is 3.83. The maximum atomic E-state index is 12.6. The van der Waals surface area contributed by atoms with Crippen LogP contribution in [0.1, 0.15) is 37.6 Å². The van der Waals surface area contributed by atoms with Crippen LogP contribution in [0.5, 0.6) is 0 Å². The second-order valence-electron chi connectivity index (χ2n) is 5.05. The summed E-state index contributed by atoms with van der Waals surface area (Å²) in [4.78, 5) is 0.324. The van der Waals surface area contributed by atoms with E-state index in [2.05, 4.69) is 12.0 Å². The largest absolute Gasteiger partial charge is 0.329 e. The van der Waals surface area contributed by atoms with Crippen molar-refractivity contribution >= 4 is 10.0 Å². The smallest absolute Gasteiger partial charge is 0.246 e. The molecule has 0 aromatic carbocycles. The summed E-state index contributed by atoms with van der Waals surface area (Å²) in [5.41, 5.74) is 6.72. The third kappa shape index (κ3) is 3.59. The van der Waals surface area contributed by atoms with Crippen LogP contribution < -0.4 is 5.73 Å². The molecule has 0 aliphatic carbocycles. The number of unbranched alkanes of at least 4 members (excludes halogenated alkanes) is 2. The topological polar surface area (TPSA) is 81.2 Å². The van der Waals surface area contributed by atoms with Crippen LogP contribution in [0.4, 0.5) is 0 Å². The molecule has 1 rings (SSSR count). The van der Waals surface area contributed by atoms with Gasteiger partial charge in [-0.05, 0) is 20.3 Å². The quantitative estimate of drug-likeness (QED) is 0.733. The van der Waals surface area contributed by atoms with E-state index in [0.717, 1.165) is 19.3 Å². The number of nitrogens with two attached hydrogens (primary N) is 1. The second kappa shape index (κ2) is 7.19. The minimum Gasteiger partial charge on any atom is -0.329 e. The minimum atomic E-state index is -3.47. The molecule has 1 aromatic heterocycles. The molecule has 0 fully saturated rings. The molecule has 0 saturated heterocycles. The number of hydrogen-bond donors (Lipinski definition) is 1. The van der Waals surface area contributed by atoms with E-state index in [1.54, 1.807) is 25.6 Å². The summed E-state index contributed by atoms with van der Waals surface area (Å²) >= 11 is 0. The Balaban J connectivity index is 3.03. The third-order valence-electron chi connectivity index (χ3n) is 3.40. The van der Waals surface area contributed by atoms with Crippen LogP contribution in [0, 0.1) is 13.8 Å². The van der Waals surface area contributed by atoms with Gasteiger partial charge in [-0.25, -0.2) is 12.7 Å². The highest BCUT2D eigenvalue weighted by Crippen LogP contribution is 2.22. The maximum absolute atomic E-state index is 12.6. The van der Waals surface area contributed by atoms with Gasteiger partial charge in [0.25, 0.3) is 0 Å². The molecule has 0 saturated carbocycles. The monoisotopic (exact) mass is 302 g/mol. The number of aryl methyl sites for hydroxylation is 1. The summed E-state index contributed by atoms with van der Waals surface area (Å²) in [6.45, 7) is 7.11. The van der Waals surface area contributed by atoms with Gasteiger partial charge in [0.2, 0.25) is 10.0 Å². The third-order valence-corrected chi connectivity index (χ3v) is 5.51. The fourth-order valence-electron chi connectivity index (χ4n) is 2.25. The second-order valence-corrected chi connectivity index (χ2v) is 7.03. The van der Waals surface area contributed by atoms with Crippen molar-refractivity contribution in [3.63, 3.8) is 0 Å². The van der Waals surface area contributed by atoms with Crippen LogP contribution in [0.2, 0.25) is 0 Å². The van der Waals surface area contributed by atoms with Crippen molar-refractivity contribution in [1.82, 2.24) is 14.1 Å². The van der Waals surface area contributed by atoms with Crippen LogP contribution in [0.15, 0.2) is 4.90 Å². The van der Waals surface area contributed by atoms with Crippen LogP contribution in [0.25, 0.3) is 0 Å². The molecule has 20 heavy (non-hydrogen) atoms. The summed E-state index contributed by atoms with van der Waals surface area (Å²) in [6.07, 6.45) is 2.98. The first-order valence-corrected chi connectivity index (χ1v) is 8.50. The Bertz CT molecular complexity index is 537. The van der Waals surface area contributed by atoms with Gasteiger partial charge in [0.05, 0.1) is 17.9 Å². The molecule has 1 aromatic rings. The van der Waals surface area contributed by atoms with Gasteiger partial charge in [0.15, 0.2) is 0 Å². The van der Waals surface area contributed by atoms with Crippen molar-refractivity contribution in [2.45, 2.75) is 51.5 Å². The molecule has 0 aliphatic rings. The molecule has 6 nitrogen and oxygen atoms in total. The van der Waals surface area contributed by atoms with E-state index in [4.69, 9.17) is 5.73 Å². The van der Waals surface area contributed by atoms with Gasteiger partial charge in [0.1, 0.15) is 4.90 Å². The molecule has 0 radical (unpaired) electrons. The molecule has 0 spiro atoms. The van der Waals surface area contributed by atoms with Crippen LogP contribution >= 0.6 is 0 Å². The van der Waals surface area contributed by atoms with Crippen molar-refractivity contribution in [3.8, 4) is 0 Å². The number of aromatic nitrogens is 2. The first-order valence-electron chi connectivity index (χ1n) is 7.06. The molecular formula is C13H26N4O2S. The van der Waals surface area contributed by atoms with E-state index < -0.39 is 10.0 Å². The number of nitrogens with zero attached hydrogens (tertiary/aromatic N) is 3. The first kappa shape index (κ1) is 17.1. The molecule has 0 bridgehead atoms. The summed E-state index contributed by atoms with van der Waals surface area (Å²) < 4.78 is 28.3. The zero-order valence-electron chi connectivity index (χ0n) is 12.9. The Hall–Kier alpha value is -0.920. The fraction of sp³-hybridized carbons (Fsp3) is 0.769. The average molecular weight is 302 g/mol. The predicted molar refractivity (Wildman–Crippen MR) is 80.1 cm³/mol. The van der Waals surface area contributed by atoms with Crippen molar-refractivity contribution < 1.29 is 8.42 Å². The Labute approximate surface area is 122 Å². The summed E-state index contributed by atoms with van der Waals surface area (Å²) in [6, 6.07) is 0. The van der Waals surface area contributed by atoms with E-state index in [1.165, 1.54) is 4.31 Å². The minimum absolute atomic E-state index is 0.324. The van der Waals surface area contributed by atoms with E-state index in [-0.39, 0.29) is 0 Å². The highest BCUT2D eigenvalue weighted by molar-refractivity contribution is 7.89. The first-order chi connectivity index (χ1) is 9.36. The highest BCUT2D eigenvalue weighted by atomic mass is 32.2. The highest BCUT2D eigenvalue weighted by Gasteiger charge is 2.28. The zero-order valence-corrected chi connectivity index (χ0v) is 13.7. The molecular weight excluding hydrogens is 276 g/mol. The number of rotatable bonds is 8. The molecule has 0 aliphatic heterocycles. The van der Waals surface area contributed by atoms with E-state index in [1.807, 2.05) is 0 Å². The summed E-state index contributed by atoms with van der Waals surface area (Å²) in [5, 5.41) is 4.28. The average Bonchev–Trinajstić information content (AvgIpc) is 2.65. The normalized spacial score (nSPS) is 12.3. The lowest BCUT2D eigenvalue weighted by molar-refractivity contribution is 0.453. The standard InChI is InChI=1S/C13H26N4O2S/c1-5-6-7-9-16(4)20(18,19)13-11(2)15-17(10-8-14)12(13)3/h5-10,14H2,1-4H3. The van der Waals surface area contributed by atoms with Gasteiger partial charge in [-0.1, -0.05) is 19.8 Å². The van der Waals surface area contributed by atoms with Gasteiger partial charge in [-0.2, -0.15) is 5.10 Å². The Morgan fingerprint density at radius 1 is 1.30 bits per heavy atom. The van der Waals surface area contributed by atoms with E-state index in [9.17, 15) is 8.42 Å². The molecule has 0 amide bonds. The maximum Gasteiger partial charge on any atom is 0.246 e. The lowest BCUT2D eigenvalue weighted by Crippen LogP contribution is -2.29. The summed E-state index contributed by atoms with van der Waals surface area (Å²) in [7, 11) is -1.84. The van der Waals surface area contributed by atoms with Crippen LogP contribution in [0.3, 0.4) is 0 Å².